The van der Waals surface area contributed by atoms with Crippen molar-refractivity contribution in [1.29, 1.82) is 0 Å². The van der Waals surface area contributed by atoms with Gasteiger partial charge in [0.2, 0.25) is 0 Å². The number of phenols is 1. The van der Waals surface area contributed by atoms with E-state index in [-0.39, 0.29) is 11.3 Å². The number of aromatic hydroxyl groups is 1. The van der Waals surface area contributed by atoms with E-state index in [2.05, 4.69) is 17.5 Å². The molecular weight excluding hydrogens is 456 g/mol. The summed E-state index contributed by atoms with van der Waals surface area (Å²) in [7, 11) is 0. The fourth-order valence-corrected chi connectivity index (χ4v) is 3.45. The Hall–Kier alpha value is -4.65. The summed E-state index contributed by atoms with van der Waals surface area (Å²) < 4.78 is 11.0. The minimum atomic E-state index is -0.526. The monoisotopic (exact) mass is 482 g/mol. The molecule has 0 saturated heterocycles. The van der Waals surface area contributed by atoms with Crippen molar-refractivity contribution in [2.75, 3.05) is 6.61 Å². The van der Waals surface area contributed by atoms with Gasteiger partial charge < -0.3 is 14.6 Å². The molecular formula is C29H26N2O5. The van der Waals surface area contributed by atoms with Crippen molar-refractivity contribution in [2.45, 2.75) is 19.8 Å². The van der Waals surface area contributed by atoms with Gasteiger partial charge in [-0.1, -0.05) is 37.6 Å². The molecule has 0 unspecified atom stereocenters. The molecule has 0 radical (unpaired) electrons. The fourth-order valence-electron chi connectivity index (χ4n) is 3.45. The number of amides is 1. The predicted molar refractivity (Wildman–Crippen MR) is 139 cm³/mol. The topological polar surface area (TPSA) is 97.2 Å². The highest BCUT2D eigenvalue weighted by molar-refractivity contribution is 6.01. The summed E-state index contributed by atoms with van der Waals surface area (Å²) >= 11 is 0. The maximum atomic E-state index is 12.4. The molecule has 2 N–H and O–H groups in total. The van der Waals surface area contributed by atoms with Crippen LogP contribution in [0.15, 0.2) is 90.0 Å². The second kappa shape index (κ2) is 11.7. The van der Waals surface area contributed by atoms with E-state index in [0.29, 0.717) is 29.2 Å². The van der Waals surface area contributed by atoms with Crippen molar-refractivity contribution in [2.24, 2.45) is 5.10 Å². The van der Waals surface area contributed by atoms with Crippen molar-refractivity contribution in [3.05, 3.63) is 102 Å². The van der Waals surface area contributed by atoms with Gasteiger partial charge in [-0.2, -0.15) is 5.10 Å². The lowest BCUT2D eigenvalue weighted by Gasteiger charge is -2.07. The fraction of sp³-hybridized carbons (Fsp3) is 0.138. The van der Waals surface area contributed by atoms with Gasteiger partial charge in [-0.25, -0.2) is 10.2 Å². The zero-order valence-electron chi connectivity index (χ0n) is 19.8. The van der Waals surface area contributed by atoms with E-state index in [1.807, 2.05) is 24.3 Å². The number of unbranched alkanes of at least 4 members (excludes halogenated alkanes) is 1. The Bertz CT molecular complexity index is 1380. The van der Waals surface area contributed by atoms with Gasteiger partial charge in [0.25, 0.3) is 5.91 Å². The summed E-state index contributed by atoms with van der Waals surface area (Å²) in [5.41, 5.74) is 3.66. The summed E-state index contributed by atoms with van der Waals surface area (Å²) in [4.78, 5) is 24.9. The summed E-state index contributed by atoms with van der Waals surface area (Å²) in [5, 5.41) is 15.8. The van der Waals surface area contributed by atoms with Gasteiger partial charge in [0, 0.05) is 0 Å². The zero-order valence-corrected chi connectivity index (χ0v) is 19.8. The standard InChI is InChI=1S/C29H26N2O5/c1-2-3-16-35-24-14-10-21(11-15-24)29(34)36-25-12-8-20(9-13-25)19-30-31-28(33)26-17-22-6-4-5-7-23(22)18-27(26)32/h4-15,17-19,32H,2-3,16H2,1H3,(H,31,33). The second-order valence-electron chi connectivity index (χ2n) is 8.10. The number of carbonyl (C=O) groups is 2. The summed E-state index contributed by atoms with van der Waals surface area (Å²) in [6.45, 7) is 2.74. The molecule has 0 aliphatic heterocycles. The first-order chi connectivity index (χ1) is 17.5. The molecule has 0 atom stereocenters. The molecule has 4 rings (SSSR count). The molecule has 0 saturated carbocycles. The number of rotatable bonds is 9. The second-order valence-corrected chi connectivity index (χ2v) is 8.10. The lowest BCUT2D eigenvalue weighted by Crippen LogP contribution is -2.17. The number of esters is 1. The van der Waals surface area contributed by atoms with E-state index in [9.17, 15) is 14.7 Å². The molecule has 7 nitrogen and oxygen atoms in total. The van der Waals surface area contributed by atoms with Gasteiger partial charge >= 0.3 is 5.97 Å². The Kier molecular flexibility index (Phi) is 7.93. The Morgan fingerprint density at radius 3 is 2.28 bits per heavy atom. The molecule has 0 aromatic heterocycles. The van der Waals surface area contributed by atoms with E-state index in [0.717, 1.165) is 23.6 Å². The number of hydrogen-bond donors (Lipinski definition) is 2. The molecule has 4 aromatic rings. The largest absolute Gasteiger partial charge is 0.507 e. The van der Waals surface area contributed by atoms with Crippen LogP contribution in [0.3, 0.4) is 0 Å². The van der Waals surface area contributed by atoms with Gasteiger partial charge in [0.05, 0.1) is 23.9 Å². The Balaban J connectivity index is 1.31. The van der Waals surface area contributed by atoms with Gasteiger partial charge in [0.15, 0.2) is 0 Å². The number of ether oxygens (including phenoxy) is 2. The zero-order chi connectivity index (χ0) is 25.3. The Morgan fingerprint density at radius 2 is 1.58 bits per heavy atom. The van der Waals surface area contributed by atoms with Crippen LogP contribution in [-0.2, 0) is 0 Å². The van der Waals surface area contributed by atoms with E-state index in [1.54, 1.807) is 60.7 Å². The van der Waals surface area contributed by atoms with Crippen LogP contribution in [0.2, 0.25) is 0 Å². The lowest BCUT2D eigenvalue weighted by atomic mass is 10.1. The molecule has 0 aliphatic rings. The van der Waals surface area contributed by atoms with Crippen molar-refractivity contribution in [1.82, 2.24) is 5.43 Å². The minimum absolute atomic E-state index is 0.119. The quantitative estimate of drug-likeness (QED) is 0.105. The molecule has 182 valence electrons. The van der Waals surface area contributed by atoms with Crippen LogP contribution < -0.4 is 14.9 Å². The summed E-state index contributed by atoms with van der Waals surface area (Å²) in [5.74, 6) is -0.0239. The molecule has 1 amide bonds. The minimum Gasteiger partial charge on any atom is -0.507 e. The number of fused-ring (bicyclic) bond motifs is 1. The van der Waals surface area contributed by atoms with E-state index in [4.69, 9.17) is 9.47 Å². The van der Waals surface area contributed by atoms with Crippen LogP contribution >= 0.6 is 0 Å². The molecule has 7 heteroatoms. The summed E-state index contributed by atoms with van der Waals surface area (Å²) in [6, 6.07) is 24.1. The number of benzene rings is 4. The third kappa shape index (κ3) is 6.27. The van der Waals surface area contributed by atoms with Crippen molar-refractivity contribution in [3.63, 3.8) is 0 Å². The average molecular weight is 483 g/mol. The van der Waals surface area contributed by atoms with Crippen LogP contribution in [0.4, 0.5) is 0 Å². The van der Waals surface area contributed by atoms with Gasteiger partial charge in [0.1, 0.15) is 17.2 Å². The molecule has 0 spiro atoms. The number of phenolic OH excluding ortho intramolecular Hbond substituents is 1. The number of nitrogens with one attached hydrogen (secondary N) is 1. The molecule has 0 fully saturated rings. The van der Waals surface area contributed by atoms with Gasteiger partial charge in [-0.3, -0.25) is 4.79 Å². The molecule has 0 bridgehead atoms. The maximum Gasteiger partial charge on any atom is 0.343 e. The van der Waals surface area contributed by atoms with Crippen LogP contribution in [0, 0.1) is 0 Å². The highest BCUT2D eigenvalue weighted by atomic mass is 16.5. The number of hydrogen-bond acceptors (Lipinski definition) is 6. The Morgan fingerprint density at radius 1 is 0.917 bits per heavy atom. The average Bonchev–Trinajstić information content (AvgIpc) is 2.89. The number of carbonyl (C=O) groups excluding carboxylic acids is 2. The third-order valence-corrected chi connectivity index (χ3v) is 5.44. The highest BCUT2D eigenvalue weighted by Crippen LogP contribution is 2.25. The maximum absolute atomic E-state index is 12.4. The third-order valence-electron chi connectivity index (χ3n) is 5.44. The molecule has 0 heterocycles. The van der Waals surface area contributed by atoms with E-state index < -0.39 is 11.9 Å². The summed E-state index contributed by atoms with van der Waals surface area (Å²) in [6.07, 6.45) is 3.49. The first-order valence-electron chi connectivity index (χ1n) is 11.6. The van der Waals surface area contributed by atoms with Gasteiger partial charge in [-0.05, 0) is 83.4 Å². The van der Waals surface area contributed by atoms with E-state index >= 15 is 0 Å². The Labute approximate surface area is 209 Å². The first kappa shape index (κ1) is 24.5. The number of nitrogens with zero attached hydrogens (tertiary/aromatic N) is 1. The van der Waals surface area contributed by atoms with Crippen LogP contribution in [0.1, 0.15) is 46.0 Å². The lowest BCUT2D eigenvalue weighted by molar-refractivity contribution is 0.0734. The molecule has 4 aromatic carbocycles. The molecule has 36 heavy (non-hydrogen) atoms. The predicted octanol–water partition coefficient (Wildman–Crippen LogP) is 5.71. The van der Waals surface area contributed by atoms with Crippen LogP contribution in [0.25, 0.3) is 10.8 Å². The normalized spacial score (nSPS) is 10.9. The van der Waals surface area contributed by atoms with E-state index in [1.165, 1.54) is 6.21 Å². The SMILES string of the molecule is CCCCOc1ccc(C(=O)Oc2ccc(C=NNC(=O)c3cc4ccccc4cc3O)cc2)cc1. The van der Waals surface area contributed by atoms with Crippen molar-refractivity contribution in [3.8, 4) is 17.2 Å². The smallest absolute Gasteiger partial charge is 0.343 e. The number of hydrazone groups is 1. The molecule has 0 aliphatic carbocycles. The van der Waals surface area contributed by atoms with Crippen LogP contribution in [-0.4, -0.2) is 29.8 Å². The first-order valence-corrected chi connectivity index (χ1v) is 11.6. The van der Waals surface area contributed by atoms with Crippen LogP contribution in [0.5, 0.6) is 17.2 Å². The van der Waals surface area contributed by atoms with Crippen molar-refractivity contribution >= 4 is 28.9 Å². The highest BCUT2D eigenvalue weighted by Gasteiger charge is 2.12. The van der Waals surface area contributed by atoms with Crippen molar-refractivity contribution < 1.29 is 24.2 Å². The van der Waals surface area contributed by atoms with Gasteiger partial charge in [-0.15, -0.1) is 0 Å².